The van der Waals surface area contributed by atoms with E-state index in [-0.39, 0.29) is 35.5 Å². The molecule has 7 nitrogen and oxygen atoms in total. The van der Waals surface area contributed by atoms with Gasteiger partial charge in [-0.25, -0.2) is 0 Å². The second-order valence-electron chi connectivity index (χ2n) is 11.9. The molecule has 3 aliphatic heterocycles. The lowest BCUT2D eigenvalue weighted by atomic mass is 9.65. The van der Waals surface area contributed by atoms with Gasteiger partial charge in [0.2, 0.25) is 11.8 Å². The Morgan fingerprint density at radius 2 is 1.80 bits per heavy atom. The molecule has 0 saturated carbocycles. The maximum Gasteiger partial charge on any atom is 0.251 e. The van der Waals surface area contributed by atoms with Crippen LogP contribution >= 0.6 is 11.8 Å². The van der Waals surface area contributed by atoms with Gasteiger partial charge < -0.3 is 19.8 Å². The Labute approximate surface area is 250 Å². The molecular weight excluding hydrogens is 534 g/mol. The molecule has 1 aromatic carbocycles. The van der Waals surface area contributed by atoms with Gasteiger partial charge in [0.1, 0.15) is 6.04 Å². The average Bonchev–Trinajstić information content (AvgIpc) is 3.53. The number of likely N-dealkylation sites (tertiary alicyclic amines) is 1. The maximum atomic E-state index is 14.9. The minimum atomic E-state index is -0.671. The Balaban J connectivity index is 1.80. The van der Waals surface area contributed by atoms with Gasteiger partial charge in [-0.3, -0.25) is 14.4 Å². The number of amides is 3. The van der Waals surface area contributed by atoms with E-state index in [4.69, 9.17) is 0 Å². The van der Waals surface area contributed by atoms with Gasteiger partial charge in [0.05, 0.1) is 16.6 Å². The van der Waals surface area contributed by atoms with E-state index in [9.17, 15) is 19.5 Å². The molecule has 8 heteroatoms. The molecule has 3 saturated heterocycles. The summed E-state index contributed by atoms with van der Waals surface area (Å²) >= 11 is 1.73. The number of para-hydroxylation sites is 1. The normalized spacial score (nSPS) is 28.1. The van der Waals surface area contributed by atoms with Gasteiger partial charge in [-0.1, -0.05) is 44.2 Å². The summed E-state index contributed by atoms with van der Waals surface area (Å²) in [6.45, 7) is 18.0. The lowest BCUT2D eigenvalue weighted by molar-refractivity contribution is -0.144. The van der Waals surface area contributed by atoms with Gasteiger partial charge in [0.15, 0.2) is 0 Å². The largest absolute Gasteiger partial charge is 0.396 e. The van der Waals surface area contributed by atoms with Crippen LogP contribution in [0.25, 0.3) is 0 Å². The number of carbonyl (C=O) groups is 3. The number of hydrogen-bond donors (Lipinski definition) is 1. The summed E-state index contributed by atoms with van der Waals surface area (Å²) in [6.07, 6.45) is 7.25. The van der Waals surface area contributed by atoms with Crippen LogP contribution in [0.4, 0.5) is 5.69 Å². The highest BCUT2D eigenvalue weighted by Gasteiger charge is 2.76. The number of benzene rings is 1. The first kappa shape index (κ1) is 31.4. The van der Waals surface area contributed by atoms with Gasteiger partial charge in [0, 0.05) is 43.7 Å². The van der Waals surface area contributed by atoms with Crippen molar-refractivity contribution in [2.45, 2.75) is 75.8 Å². The maximum absolute atomic E-state index is 14.9. The van der Waals surface area contributed by atoms with Gasteiger partial charge in [-0.15, -0.1) is 24.9 Å². The summed E-state index contributed by atoms with van der Waals surface area (Å²) in [4.78, 5) is 48.9. The van der Waals surface area contributed by atoms with Crippen LogP contribution in [0.3, 0.4) is 0 Å². The zero-order valence-electron chi connectivity index (χ0n) is 25.2. The number of carbonyl (C=O) groups excluding carboxylic acids is 3. The number of aliphatic hydroxyl groups excluding tert-OH is 1. The van der Waals surface area contributed by atoms with Crippen LogP contribution in [-0.4, -0.2) is 81.5 Å². The molecule has 3 heterocycles. The van der Waals surface area contributed by atoms with E-state index in [1.165, 1.54) is 0 Å². The first-order valence-electron chi connectivity index (χ1n) is 15.2. The predicted octanol–water partition coefficient (Wildman–Crippen LogP) is 4.75. The molecule has 3 unspecified atom stereocenters. The Kier molecular flexibility index (Phi) is 10.1. The molecule has 0 radical (unpaired) electrons. The second-order valence-corrected chi connectivity index (χ2v) is 13.5. The SMILES string of the molecule is C=CCN(CCC)C(=O)[C@@H]1[C@@H]2CC(C)C3(S2)C(C(=O)N(CC=C)c2c(C)cccc2C)N(CCCCCO)C(=O)[C@H]13. The highest BCUT2D eigenvalue weighted by molar-refractivity contribution is 8.02. The molecule has 0 aliphatic carbocycles. The van der Waals surface area contributed by atoms with E-state index in [0.29, 0.717) is 39.0 Å². The number of aryl methyl sites for hydroxylation is 2. The van der Waals surface area contributed by atoms with Crippen molar-refractivity contribution in [1.82, 2.24) is 9.80 Å². The third-order valence-electron chi connectivity index (χ3n) is 9.26. The van der Waals surface area contributed by atoms with E-state index in [2.05, 4.69) is 20.1 Å². The topological polar surface area (TPSA) is 81.2 Å². The van der Waals surface area contributed by atoms with Crippen LogP contribution in [-0.2, 0) is 14.4 Å². The number of rotatable bonds is 14. The minimum absolute atomic E-state index is 0.00973. The van der Waals surface area contributed by atoms with Gasteiger partial charge in [0.25, 0.3) is 5.91 Å². The summed E-state index contributed by atoms with van der Waals surface area (Å²) in [7, 11) is 0. The summed E-state index contributed by atoms with van der Waals surface area (Å²) in [5.74, 6) is -1.02. The molecular formula is C33H47N3O4S. The Hall–Kier alpha value is -2.58. The molecule has 1 aromatic rings. The van der Waals surface area contributed by atoms with E-state index in [1.807, 2.05) is 48.8 Å². The number of fused-ring (bicyclic) bond motifs is 1. The van der Waals surface area contributed by atoms with Crippen molar-refractivity contribution < 1.29 is 19.5 Å². The quantitative estimate of drug-likeness (QED) is 0.253. The molecule has 3 amide bonds. The predicted molar refractivity (Wildman–Crippen MR) is 167 cm³/mol. The number of hydrogen-bond acceptors (Lipinski definition) is 5. The monoisotopic (exact) mass is 581 g/mol. The van der Waals surface area contributed by atoms with Crippen molar-refractivity contribution in [3.63, 3.8) is 0 Å². The Morgan fingerprint density at radius 1 is 1.12 bits per heavy atom. The van der Waals surface area contributed by atoms with Crippen LogP contribution in [0.5, 0.6) is 0 Å². The fourth-order valence-corrected chi connectivity index (χ4v) is 10.0. The molecule has 224 valence electrons. The lowest BCUT2D eigenvalue weighted by Crippen LogP contribution is -2.58. The fourth-order valence-electron chi connectivity index (χ4n) is 7.62. The van der Waals surface area contributed by atoms with Crippen LogP contribution in [0.15, 0.2) is 43.5 Å². The molecule has 1 N–H and O–H groups in total. The standard InChI is InChI=1S/C33H47N3O4S/c1-7-16-34(17-8-2)30(38)26-25-21-24(6)33(41-25)27(26)31(39)36(19-11-10-12-20-37)29(33)32(40)35(18-9-3)28-22(4)14-13-15-23(28)5/h7,9,13-15,24-27,29,37H,1,3,8,10-12,16-21H2,2,4-6H3/t24?,25-,26+,27-,29?,33?/m0/s1. The minimum Gasteiger partial charge on any atom is -0.396 e. The first-order chi connectivity index (χ1) is 19.7. The Morgan fingerprint density at radius 3 is 2.41 bits per heavy atom. The van der Waals surface area contributed by atoms with E-state index < -0.39 is 22.6 Å². The van der Waals surface area contributed by atoms with E-state index in [1.54, 1.807) is 28.8 Å². The molecule has 3 aliphatic rings. The summed E-state index contributed by atoms with van der Waals surface area (Å²) in [6, 6.07) is 5.34. The number of unbranched alkanes of at least 4 members (excludes halogenated alkanes) is 2. The van der Waals surface area contributed by atoms with Crippen molar-refractivity contribution in [2.75, 3.05) is 37.7 Å². The number of anilines is 1. The van der Waals surface area contributed by atoms with Gasteiger partial charge >= 0.3 is 0 Å². The smallest absolute Gasteiger partial charge is 0.251 e. The fraction of sp³-hybridized carbons (Fsp3) is 0.606. The van der Waals surface area contributed by atoms with Crippen molar-refractivity contribution in [3.8, 4) is 0 Å². The molecule has 6 atom stereocenters. The summed E-state index contributed by atoms with van der Waals surface area (Å²) in [5.41, 5.74) is 2.86. The molecule has 0 aromatic heterocycles. The summed E-state index contributed by atoms with van der Waals surface area (Å²) in [5, 5.41) is 9.35. The van der Waals surface area contributed by atoms with E-state index >= 15 is 0 Å². The molecule has 41 heavy (non-hydrogen) atoms. The molecule has 2 bridgehead atoms. The van der Waals surface area contributed by atoms with Crippen LogP contribution in [0.1, 0.15) is 57.1 Å². The molecule has 1 spiro atoms. The lowest BCUT2D eigenvalue weighted by Gasteiger charge is -2.41. The summed E-state index contributed by atoms with van der Waals surface area (Å²) < 4.78 is -0.668. The zero-order valence-corrected chi connectivity index (χ0v) is 26.0. The third kappa shape index (κ3) is 5.38. The molecule has 4 rings (SSSR count). The zero-order chi connectivity index (χ0) is 29.9. The average molecular weight is 582 g/mol. The third-order valence-corrected chi connectivity index (χ3v) is 11.3. The van der Waals surface area contributed by atoms with Crippen molar-refractivity contribution in [1.29, 1.82) is 0 Å². The highest BCUT2D eigenvalue weighted by atomic mass is 32.2. The Bertz CT molecular complexity index is 1150. The number of thioether (sulfide) groups is 1. The highest BCUT2D eigenvalue weighted by Crippen LogP contribution is 2.69. The van der Waals surface area contributed by atoms with Crippen molar-refractivity contribution in [2.24, 2.45) is 17.8 Å². The van der Waals surface area contributed by atoms with Crippen LogP contribution in [0.2, 0.25) is 0 Å². The van der Waals surface area contributed by atoms with Crippen molar-refractivity contribution in [3.05, 3.63) is 54.6 Å². The van der Waals surface area contributed by atoms with E-state index in [0.717, 1.165) is 36.1 Å². The first-order valence-corrected chi connectivity index (χ1v) is 16.0. The van der Waals surface area contributed by atoms with Crippen molar-refractivity contribution >= 4 is 35.2 Å². The van der Waals surface area contributed by atoms with Gasteiger partial charge in [-0.2, -0.15) is 0 Å². The van der Waals surface area contributed by atoms with Gasteiger partial charge in [-0.05, 0) is 63.0 Å². The molecule has 3 fully saturated rings. The second kappa shape index (κ2) is 13.2. The van der Waals surface area contributed by atoms with Crippen LogP contribution in [0, 0.1) is 31.6 Å². The number of aliphatic hydroxyl groups is 1. The van der Waals surface area contributed by atoms with Crippen LogP contribution < -0.4 is 4.90 Å². The number of nitrogens with zero attached hydrogens (tertiary/aromatic N) is 3.